The number of nitrogens with two attached hydrogens (primary N) is 1. The zero-order valence-corrected chi connectivity index (χ0v) is 13.3. The molecule has 0 bridgehead atoms. The average molecular weight is 342 g/mol. The maximum atomic E-state index is 12.3. The van der Waals surface area contributed by atoms with E-state index in [4.69, 9.17) is 5.73 Å². The van der Waals surface area contributed by atoms with E-state index in [1.54, 1.807) is 12.1 Å². The van der Waals surface area contributed by atoms with Gasteiger partial charge >= 0.3 is 6.36 Å². The number of nitrogens with zero attached hydrogens (tertiary/aromatic N) is 1. The number of alkyl halides is 3. The lowest BCUT2D eigenvalue weighted by Crippen LogP contribution is -2.33. The smallest absolute Gasteiger partial charge is 0.406 e. The van der Waals surface area contributed by atoms with Crippen molar-refractivity contribution >= 4 is 5.91 Å². The molecule has 2 fully saturated rings. The van der Waals surface area contributed by atoms with Gasteiger partial charge in [0, 0.05) is 25.6 Å². The maximum absolute atomic E-state index is 12.3. The zero-order valence-electron chi connectivity index (χ0n) is 13.3. The van der Waals surface area contributed by atoms with Gasteiger partial charge in [0.25, 0.3) is 0 Å². The van der Waals surface area contributed by atoms with Crippen molar-refractivity contribution in [1.29, 1.82) is 0 Å². The number of fused-ring (bicyclic) bond motifs is 1. The highest BCUT2D eigenvalue weighted by atomic mass is 19.4. The first-order chi connectivity index (χ1) is 11.3. The number of carbonyl (C=O) groups excluding carboxylic acids is 1. The van der Waals surface area contributed by atoms with Crippen molar-refractivity contribution in [3.8, 4) is 5.75 Å². The largest absolute Gasteiger partial charge is 0.573 e. The van der Waals surface area contributed by atoms with E-state index in [-0.39, 0.29) is 17.7 Å². The Morgan fingerprint density at radius 1 is 1.21 bits per heavy atom. The summed E-state index contributed by atoms with van der Waals surface area (Å²) in [6, 6.07) is 5.86. The molecule has 1 aromatic rings. The van der Waals surface area contributed by atoms with Crippen LogP contribution in [0.1, 0.15) is 24.8 Å². The van der Waals surface area contributed by atoms with Gasteiger partial charge in [0.05, 0.1) is 0 Å². The highest BCUT2D eigenvalue weighted by Gasteiger charge is 2.42. The van der Waals surface area contributed by atoms with Crippen LogP contribution >= 0.6 is 0 Å². The first-order valence-corrected chi connectivity index (χ1v) is 8.20. The van der Waals surface area contributed by atoms with Crippen molar-refractivity contribution in [3.05, 3.63) is 29.8 Å². The molecular weight excluding hydrogens is 321 g/mol. The molecule has 0 radical (unpaired) electrons. The number of carbonyl (C=O) groups is 1. The van der Waals surface area contributed by atoms with Crippen LogP contribution in [0.3, 0.4) is 0 Å². The van der Waals surface area contributed by atoms with E-state index in [2.05, 4.69) is 4.74 Å². The fourth-order valence-corrected chi connectivity index (χ4v) is 3.78. The van der Waals surface area contributed by atoms with Crippen molar-refractivity contribution in [2.75, 3.05) is 13.1 Å². The highest BCUT2D eigenvalue weighted by molar-refractivity contribution is 5.76. The molecule has 1 heterocycles. The molecule has 1 aliphatic carbocycles. The van der Waals surface area contributed by atoms with Gasteiger partial charge in [0.1, 0.15) is 5.75 Å². The standard InChI is InChI=1S/C17H21F3N2O2/c18-17(19,20)24-13-5-1-11(2-6-13)3-8-16(23)22-9-12-4-7-15(21)14(12)10-22/h1-2,5-6,12,14-15H,3-4,7-10,21H2. The van der Waals surface area contributed by atoms with Crippen LogP contribution in [0.25, 0.3) is 0 Å². The van der Waals surface area contributed by atoms with Gasteiger partial charge in [-0.1, -0.05) is 12.1 Å². The fourth-order valence-electron chi connectivity index (χ4n) is 3.78. The number of amides is 1. The summed E-state index contributed by atoms with van der Waals surface area (Å²) >= 11 is 0. The minimum atomic E-state index is -4.69. The van der Waals surface area contributed by atoms with Gasteiger partial charge in [-0.25, -0.2) is 0 Å². The topological polar surface area (TPSA) is 55.6 Å². The minimum absolute atomic E-state index is 0.0900. The molecule has 7 heteroatoms. The number of halogens is 3. The Hall–Kier alpha value is -1.76. The van der Waals surface area contributed by atoms with Crippen LogP contribution in [0.2, 0.25) is 0 Å². The summed E-state index contributed by atoms with van der Waals surface area (Å²) in [7, 11) is 0. The van der Waals surface area contributed by atoms with Crippen LogP contribution in [0, 0.1) is 11.8 Å². The van der Waals surface area contributed by atoms with Crippen molar-refractivity contribution in [3.63, 3.8) is 0 Å². The second-order valence-electron chi connectivity index (χ2n) is 6.66. The second kappa shape index (κ2) is 6.63. The lowest BCUT2D eigenvalue weighted by molar-refractivity contribution is -0.274. The molecule has 3 unspecified atom stereocenters. The Morgan fingerprint density at radius 2 is 1.92 bits per heavy atom. The normalized spacial score (nSPS) is 26.5. The third kappa shape index (κ3) is 4.01. The summed E-state index contributed by atoms with van der Waals surface area (Å²) in [5.74, 6) is 0.793. The molecule has 2 N–H and O–H groups in total. The molecular formula is C17H21F3N2O2. The van der Waals surface area contributed by atoms with Crippen molar-refractivity contribution in [1.82, 2.24) is 4.90 Å². The summed E-state index contributed by atoms with van der Waals surface area (Å²) in [6.45, 7) is 1.53. The van der Waals surface area contributed by atoms with E-state index in [1.165, 1.54) is 12.1 Å². The van der Waals surface area contributed by atoms with Gasteiger partial charge in [0.2, 0.25) is 5.91 Å². The van der Waals surface area contributed by atoms with Crippen LogP contribution < -0.4 is 10.5 Å². The Balaban J connectivity index is 1.48. The molecule has 1 aromatic carbocycles. The number of ether oxygens (including phenoxy) is 1. The van der Waals surface area contributed by atoms with E-state index in [0.717, 1.165) is 31.5 Å². The predicted octanol–water partition coefficient (Wildman–Crippen LogP) is 2.71. The predicted molar refractivity (Wildman–Crippen MR) is 82.2 cm³/mol. The number of hydrogen-bond donors (Lipinski definition) is 1. The first-order valence-electron chi connectivity index (χ1n) is 8.20. The van der Waals surface area contributed by atoms with Gasteiger partial charge in [-0.3, -0.25) is 4.79 Å². The lowest BCUT2D eigenvalue weighted by atomic mass is 9.98. The van der Waals surface area contributed by atoms with Crippen molar-refractivity contribution in [2.45, 2.75) is 38.1 Å². The van der Waals surface area contributed by atoms with Gasteiger partial charge in [-0.15, -0.1) is 13.2 Å². The molecule has 3 rings (SSSR count). The molecule has 24 heavy (non-hydrogen) atoms. The Kier molecular flexibility index (Phi) is 4.71. The van der Waals surface area contributed by atoms with E-state index in [0.29, 0.717) is 24.7 Å². The van der Waals surface area contributed by atoms with Gasteiger partial charge < -0.3 is 15.4 Å². The van der Waals surface area contributed by atoms with Gasteiger partial charge in [-0.2, -0.15) is 0 Å². The molecule has 1 saturated heterocycles. The number of hydrogen-bond acceptors (Lipinski definition) is 3. The zero-order chi connectivity index (χ0) is 17.3. The van der Waals surface area contributed by atoms with Gasteiger partial charge in [-0.05, 0) is 48.8 Å². The Bertz CT molecular complexity index is 588. The van der Waals surface area contributed by atoms with Crippen LogP contribution in [-0.2, 0) is 11.2 Å². The summed E-state index contributed by atoms with van der Waals surface area (Å²) in [4.78, 5) is 14.2. The van der Waals surface area contributed by atoms with Crippen LogP contribution in [0.5, 0.6) is 5.75 Å². The molecule has 0 aromatic heterocycles. The first kappa shape index (κ1) is 17.1. The lowest BCUT2D eigenvalue weighted by Gasteiger charge is -2.18. The molecule has 2 aliphatic rings. The summed E-state index contributed by atoms with van der Waals surface area (Å²) < 4.78 is 40.2. The summed E-state index contributed by atoms with van der Waals surface area (Å²) in [6.07, 6.45) is -1.69. The molecule has 0 spiro atoms. The SMILES string of the molecule is NC1CCC2CN(C(=O)CCc3ccc(OC(F)(F)F)cc3)CC12. The van der Waals surface area contributed by atoms with Crippen LogP contribution in [-0.4, -0.2) is 36.3 Å². The quantitative estimate of drug-likeness (QED) is 0.915. The molecule has 1 saturated carbocycles. The molecule has 1 amide bonds. The fraction of sp³-hybridized carbons (Fsp3) is 0.588. The van der Waals surface area contributed by atoms with E-state index >= 15 is 0 Å². The number of likely N-dealkylation sites (tertiary alicyclic amines) is 1. The maximum Gasteiger partial charge on any atom is 0.573 e. The molecule has 4 nitrogen and oxygen atoms in total. The number of rotatable bonds is 4. The van der Waals surface area contributed by atoms with E-state index in [9.17, 15) is 18.0 Å². The highest BCUT2D eigenvalue weighted by Crippen LogP contribution is 2.37. The van der Waals surface area contributed by atoms with Gasteiger partial charge in [0.15, 0.2) is 0 Å². The molecule has 1 aliphatic heterocycles. The number of aryl methyl sites for hydroxylation is 1. The van der Waals surface area contributed by atoms with Crippen molar-refractivity contribution in [2.24, 2.45) is 17.6 Å². The second-order valence-corrected chi connectivity index (χ2v) is 6.66. The third-order valence-corrected chi connectivity index (χ3v) is 5.05. The monoisotopic (exact) mass is 342 g/mol. The van der Waals surface area contributed by atoms with E-state index in [1.807, 2.05) is 4.90 Å². The summed E-state index contributed by atoms with van der Waals surface area (Å²) in [5, 5.41) is 0. The molecule has 3 atom stereocenters. The van der Waals surface area contributed by atoms with Crippen LogP contribution in [0.15, 0.2) is 24.3 Å². The Morgan fingerprint density at radius 3 is 2.54 bits per heavy atom. The number of benzene rings is 1. The van der Waals surface area contributed by atoms with E-state index < -0.39 is 6.36 Å². The minimum Gasteiger partial charge on any atom is -0.406 e. The average Bonchev–Trinajstić information content (AvgIpc) is 3.07. The van der Waals surface area contributed by atoms with Crippen molar-refractivity contribution < 1.29 is 22.7 Å². The summed E-state index contributed by atoms with van der Waals surface area (Å²) in [5.41, 5.74) is 6.89. The molecule has 132 valence electrons. The Labute approximate surface area is 138 Å². The third-order valence-electron chi connectivity index (χ3n) is 5.05. The van der Waals surface area contributed by atoms with Crippen LogP contribution in [0.4, 0.5) is 13.2 Å².